The van der Waals surface area contributed by atoms with Crippen LogP contribution in [0.3, 0.4) is 0 Å². The first-order valence-corrected chi connectivity index (χ1v) is 12.1. The van der Waals surface area contributed by atoms with Crippen LogP contribution in [0, 0.1) is 0 Å². The van der Waals surface area contributed by atoms with Gasteiger partial charge < -0.3 is 35.8 Å². The maximum atomic E-state index is 13.0. The molecule has 4 N–H and O–H groups in total. The van der Waals surface area contributed by atoms with Crippen LogP contribution in [0.25, 0.3) is 0 Å². The Kier molecular flexibility index (Phi) is 13.8. The van der Waals surface area contributed by atoms with Crippen molar-refractivity contribution in [2.75, 3.05) is 6.54 Å². The average Bonchev–Trinajstić information content (AvgIpc) is 3.12. The summed E-state index contributed by atoms with van der Waals surface area (Å²) in [6, 6.07) is 5.78. The van der Waals surface area contributed by atoms with E-state index in [1.165, 1.54) is 11.8 Å². The van der Waals surface area contributed by atoms with Crippen LogP contribution < -0.4 is 31.5 Å². The summed E-state index contributed by atoms with van der Waals surface area (Å²) in [5.41, 5.74) is 0.760. The standard InChI is InChI=1S/C23H32N4O7S.Ca/c1-23(2)18(22(33)34)27-20(35-23)17(26-16(29)12-14-8-4-3-5-9-14)19(30)24-11-7-6-10-15(21(31)32)25-13-28;/h3-5,8-9,13,15,17-18,20,27H,6-7,10-12H2,1-2H3,(H,24,30)(H,25,28)(H,26,29)(H,31,32)(H,33,34);/q;+2/p-2/t15-,17+,18?,20?;/m0./s1. The van der Waals surface area contributed by atoms with Gasteiger partial charge >= 0.3 is 37.7 Å². The second kappa shape index (κ2) is 15.4. The van der Waals surface area contributed by atoms with Crippen molar-refractivity contribution >= 4 is 79.7 Å². The number of carboxylic acid groups (broad SMARTS) is 2. The minimum Gasteiger partial charge on any atom is -0.548 e. The second-order valence-corrected chi connectivity index (χ2v) is 10.5. The third-order valence-corrected chi connectivity index (χ3v) is 7.08. The molecule has 11 nitrogen and oxygen atoms in total. The molecule has 0 saturated carbocycles. The number of hydrogen-bond acceptors (Lipinski definition) is 9. The molecule has 1 aromatic carbocycles. The SMILES string of the molecule is CC1(C)SC([C@H](NC(=O)Cc2ccccc2)C(=O)NCCCC[C@H](NC=O)C(=O)[O-])NC1C(=O)[O-].[Ca+2]. The minimum absolute atomic E-state index is 0. The Balaban J connectivity index is 0.00000648. The molecule has 0 aliphatic carbocycles. The Morgan fingerprint density at radius 3 is 2.36 bits per heavy atom. The zero-order valence-electron chi connectivity index (χ0n) is 20.3. The Bertz CT molecular complexity index is 919. The maximum absolute atomic E-state index is 13.0. The predicted octanol–water partition coefficient (Wildman–Crippen LogP) is -2.96. The molecule has 2 rings (SSSR count). The molecular weight excluding hydrogens is 516 g/mol. The van der Waals surface area contributed by atoms with Gasteiger partial charge in [-0.15, -0.1) is 11.8 Å². The summed E-state index contributed by atoms with van der Waals surface area (Å²) < 4.78 is -0.780. The van der Waals surface area contributed by atoms with E-state index >= 15 is 0 Å². The van der Waals surface area contributed by atoms with E-state index in [9.17, 15) is 34.2 Å². The van der Waals surface area contributed by atoms with Gasteiger partial charge in [0.2, 0.25) is 18.2 Å². The van der Waals surface area contributed by atoms with Gasteiger partial charge in [0.25, 0.3) is 0 Å². The number of amides is 3. The van der Waals surface area contributed by atoms with Crippen molar-refractivity contribution in [1.82, 2.24) is 21.3 Å². The topological polar surface area (TPSA) is 180 Å². The third-order valence-electron chi connectivity index (χ3n) is 5.57. The zero-order valence-corrected chi connectivity index (χ0v) is 23.3. The van der Waals surface area contributed by atoms with Crippen molar-refractivity contribution in [3.8, 4) is 0 Å². The van der Waals surface area contributed by atoms with Gasteiger partial charge in [0.05, 0.1) is 35.8 Å². The fourth-order valence-corrected chi connectivity index (χ4v) is 5.23. The first-order valence-electron chi connectivity index (χ1n) is 11.2. The van der Waals surface area contributed by atoms with Gasteiger partial charge in [-0.05, 0) is 38.7 Å². The van der Waals surface area contributed by atoms with Gasteiger partial charge in [-0.3, -0.25) is 19.7 Å². The predicted molar refractivity (Wildman–Crippen MR) is 130 cm³/mol. The number of hydrogen-bond donors (Lipinski definition) is 4. The van der Waals surface area contributed by atoms with Crippen molar-refractivity contribution in [3.63, 3.8) is 0 Å². The van der Waals surface area contributed by atoms with Crippen LogP contribution in [0.15, 0.2) is 30.3 Å². The van der Waals surface area contributed by atoms with Crippen LogP contribution in [0.2, 0.25) is 0 Å². The summed E-state index contributed by atoms with van der Waals surface area (Å²) in [6.45, 7) is 3.62. The van der Waals surface area contributed by atoms with E-state index in [4.69, 9.17) is 0 Å². The van der Waals surface area contributed by atoms with E-state index in [-0.39, 0.29) is 57.1 Å². The molecule has 3 amide bonds. The molecule has 1 saturated heterocycles. The van der Waals surface area contributed by atoms with E-state index in [1.807, 2.05) is 6.07 Å². The van der Waals surface area contributed by atoms with Crippen molar-refractivity contribution in [3.05, 3.63) is 35.9 Å². The largest absolute Gasteiger partial charge is 2.00 e. The van der Waals surface area contributed by atoms with Crippen LogP contribution in [0.5, 0.6) is 0 Å². The number of carbonyl (C=O) groups excluding carboxylic acids is 5. The maximum Gasteiger partial charge on any atom is 2.00 e. The first-order chi connectivity index (χ1) is 16.5. The molecule has 1 aromatic rings. The number of aliphatic carboxylic acids is 2. The molecule has 0 aromatic heterocycles. The molecule has 1 heterocycles. The minimum atomic E-state index is -1.39. The monoisotopic (exact) mass is 546 g/mol. The number of nitrogens with one attached hydrogen (secondary N) is 4. The quantitative estimate of drug-likeness (QED) is 0.108. The fraction of sp³-hybridized carbons (Fsp3) is 0.522. The summed E-state index contributed by atoms with van der Waals surface area (Å²) in [5.74, 6) is -3.60. The van der Waals surface area contributed by atoms with Gasteiger partial charge in [0.1, 0.15) is 6.04 Å². The zero-order chi connectivity index (χ0) is 26.0. The molecule has 4 atom stereocenters. The third kappa shape index (κ3) is 9.89. The van der Waals surface area contributed by atoms with Crippen molar-refractivity contribution in [2.45, 2.75) is 67.8 Å². The van der Waals surface area contributed by atoms with E-state index in [2.05, 4.69) is 21.3 Å². The summed E-state index contributed by atoms with van der Waals surface area (Å²) in [4.78, 5) is 58.7. The molecule has 0 spiro atoms. The second-order valence-electron chi connectivity index (χ2n) is 8.71. The smallest absolute Gasteiger partial charge is 0.548 e. The summed E-state index contributed by atoms with van der Waals surface area (Å²) >= 11 is 1.22. The number of benzene rings is 1. The first kappa shape index (κ1) is 32.2. The van der Waals surface area contributed by atoms with E-state index in [0.717, 1.165) is 5.56 Å². The normalized spacial score (nSPS) is 19.7. The van der Waals surface area contributed by atoms with Crippen LogP contribution >= 0.6 is 11.8 Å². The number of thioether (sulfide) groups is 1. The van der Waals surface area contributed by atoms with Crippen molar-refractivity contribution < 1.29 is 34.2 Å². The van der Waals surface area contributed by atoms with E-state index in [1.54, 1.807) is 38.1 Å². The summed E-state index contributed by atoms with van der Waals surface area (Å²) in [7, 11) is 0. The molecule has 1 aliphatic rings. The van der Waals surface area contributed by atoms with Gasteiger partial charge in [-0.25, -0.2) is 0 Å². The molecule has 2 unspecified atom stereocenters. The van der Waals surface area contributed by atoms with Crippen LogP contribution in [0.4, 0.5) is 0 Å². The van der Waals surface area contributed by atoms with Gasteiger partial charge in [-0.1, -0.05) is 30.3 Å². The molecule has 1 aliphatic heterocycles. The molecule has 36 heavy (non-hydrogen) atoms. The van der Waals surface area contributed by atoms with Crippen LogP contribution in [-0.4, -0.2) is 103 Å². The van der Waals surface area contributed by atoms with Gasteiger partial charge in [-0.2, -0.15) is 0 Å². The van der Waals surface area contributed by atoms with Crippen LogP contribution in [-0.2, 0) is 30.4 Å². The fourth-order valence-electron chi connectivity index (χ4n) is 3.74. The average molecular weight is 547 g/mol. The van der Waals surface area contributed by atoms with Crippen LogP contribution in [0.1, 0.15) is 38.7 Å². The van der Waals surface area contributed by atoms with E-state index < -0.39 is 52.0 Å². The summed E-state index contributed by atoms with van der Waals surface area (Å²) in [6.07, 6.45) is 1.28. The Labute approximate surface area is 243 Å². The van der Waals surface area contributed by atoms with E-state index in [0.29, 0.717) is 19.3 Å². The molecule has 0 radical (unpaired) electrons. The number of carbonyl (C=O) groups is 5. The Morgan fingerprint density at radius 2 is 1.81 bits per heavy atom. The van der Waals surface area contributed by atoms with Crippen molar-refractivity contribution in [2.24, 2.45) is 0 Å². The Morgan fingerprint density at radius 1 is 1.14 bits per heavy atom. The Hall–Kier alpha value is -1.86. The number of unbranched alkanes of at least 4 members (excludes halogenated alkanes) is 1. The summed E-state index contributed by atoms with van der Waals surface area (Å²) in [5, 5.41) is 32.3. The molecule has 192 valence electrons. The van der Waals surface area contributed by atoms with Crippen molar-refractivity contribution in [1.29, 1.82) is 0 Å². The molecule has 13 heteroatoms. The molecule has 1 fully saturated rings. The number of carboxylic acids is 2. The molecule has 0 bridgehead atoms. The number of rotatable bonds is 14. The molecular formula is C23H30CaN4O7S. The van der Waals surface area contributed by atoms with Gasteiger partial charge in [0, 0.05) is 11.3 Å². The van der Waals surface area contributed by atoms with Gasteiger partial charge in [0.15, 0.2) is 0 Å².